The smallest absolute Gasteiger partial charge is 0.383 e. The molecular weight excluding hydrogens is 519 g/mol. The summed E-state index contributed by atoms with van der Waals surface area (Å²) in [4.78, 5) is 30.5. The zero-order valence-electron chi connectivity index (χ0n) is 22.8. The lowest BCUT2D eigenvalue weighted by atomic mass is 9.93. The quantitative estimate of drug-likeness (QED) is 0.291. The third-order valence-corrected chi connectivity index (χ3v) is 7.41. The largest absolute Gasteiger partial charge is 0.416 e. The molecule has 0 spiro atoms. The Hall–Kier alpha value is -3.59. The van der Waals surface area contributed by atoms with Crippen LogP contribution in [0.4, 0.5) is 13.2 Å². The van der Waals surface area contributed by atoms with Crippen molar-refractivity contribution < 1.29 is 27.5 Å². The molecule has 1 heterocycles. The van der Waals surface area contributed by atoms with Gasteiger partial charge in [0.15, 0.2) is 0 Å². The van der Waals surface area contributed by atoms with E-state index in [1.54, 1.807) is 12.0 Å². The first kappa shape index (κ1) is 29.4. The van der Waals surface area contributed by atoms with E-state index in [1.165, 1.54) is 17.0 Å². The number of halogens is 3. The molecule has 1 aromatic heterocycles. The van der Waals surface area contributed by atoms with Crippen LogP contribution in [0.1, 0.15) is 59.3 Å². The van der Waals surface area contributed by atoms with Gasteiger partial charge in [-0.3, -0.25) is 9.59 Å². The van der Waals surface area contributed by atoms with Crippen molar-refractivity contribution in [2.75, 3.05) is 26.8 Å². The van der Waals surface area contributed by atoms with Gasteiger partial charge < -0.3 is 19.1 Å². The summed E-state index contributed by atoms with van der Waals surface area (Å²) in [7, 11) is 1.56. The molecule has 4 rings (SSSR count). The third kappa shape index (κ3) is 7.75. The zero-order valence-corrected chi connectivity index (χ0v) is 22.8. The van der Waals surface area contributed by atoms with Crippen LogP contribution in [-0.4, -0.2) is 59.0 Å². The molecule has 0 radical (unpaired) electrons. The highest BCUT2D eigenvalue weighted by Gasteiger charge is 2.33. The summed E-state index contributed by atoms with van der Waals surface area (Å²) in [6.07, 6.45) is 1.69. The Morgan fingerprint density at radius 2 is 1.73 bits per heavy atom. The number of amides is 2. The second kappa shape index (κ2) is 13.7. The molecule has 1 aliphatic rings. The molecule has 2 amide bonds. The summed E-state index contributed by atoms with van der Waals surface area (Å²) >= 11 is 0. The van der Waals surface area contributed by atoms with E-state index in [4.69, 9.17) is 4.74 Å². The lowest BCUT2D eigenvalue weighted by molar-refractivity contribution is -0.137. The molecule has 1 saturated carbocycles. The first-order valence-corrected chi connectivity index (χ1v) is 13.7. The lowest BCUT2D eigenvalue weighted by Gasteiger charge is -2.35. The van der Waals surface area contributed by atoms with Crippen LogP contribution in [0, 0.1) is 0 Å². The van der Waals surface area contributed by atoms with Crippen LogP contribution in [-0.2, 0) is 28.8 Å². The Kier molecular flexibility index (Phi) is 10.0. The Morgan fingerprint density at radius 1 is 0.975 bits per heavy atom. The SMILES string of the molecule is COCCN(Cc1cccn1Cc1ccccc1)C(=O)CN(C(=O)c1cccc(C(F)(F)F)c1)C1CCCCC1. The normalized spacial score (nSPS) is 14.2. The van der Waals surface area contributed by atoms with Gasteiger partial charge in [-0.2, -0.15) is 13.2 Å². The van der Waals surface area contributed by atoms with Crippen LogP contribution >= 0.6 is 0 Å². The van der Waals surface area contributed by atoms with E-state index in [2.05, 4.69) is 4.57 Å². The Labute approximate surface area is 233 Å². The fourth-order valence-electron chi connectivity index (χ4n) is 5.22. The average Bonchev–Trinajstić information content (AvgIpc) is 3.40. The number of methoxy groups -OCH3 is 1. The molecule has 3 aromatic rings. The number of ether oxygens (including phenoxy) is 1. The zero-order chi connectivity index (χ0) is 28.5. The van der Waals surface area contributed by atoms with E-state index < -0.39 is 17.6 Å². The fourth-order valence-corrected chi connectivity index (χ4v) is 5.22. The first-order chi connectivity index (χ1) is 19.3. The monoisotopic (exact) mass is 555 g/mol. The van der Waals surface area contributed by atoms with Gasteiger partial charge in [-0.1, -0.05) is 55.7 Å². The predicted octanol–water partition coefficient (Wildman–Crippen LogP) is 6.01. The van der Waals surface area contributed by atoms with Gasteiger partial charge in [-0.05, 0) is 48.7 Å². The van der Waals surface area contributed by atoms with Crippen molar-refractivity contribution in [3.8, 4) is 0 Å². The minimum absolute atomic E-state index is 0.0617. The molecule has 1 aliphatic carbocycles. The Morgan fingerprint density at radius 3 is 2.42 bits per heavy atom. The molecule has 0 N–H and O–H groups in total. The number of alkyl halides is 3. The van der Waals surface area contributed by atoms with Crippen LogP contribution in [0.3, 0.4) is 0 Å². The molecule has 1 fully saturated rings. The van der Waals surface area contributed by atoms with E-state index in [-0.39, 0.29) is 24.1 Å². The van der Waals surface area contributed by atoms with Gasteiger partial charge in [-0.25, -0.2) is 0 Å². The summed E-state index contributed by atoms with van der Waals surface area (Å²) in [6.45, 7) is 1.40. The Balaban J connectivity index is 1.56. The van der Waals surface area contributed by atoms with Gasteiger partial charge in [0.05, 0.1) is 18.7 Å². The highest BCUT2D eigenvalue weighted by Crippen LogP contribution is 2.31. The third-order valence-electron chi connectivity index (χ3n) is 7.41. The van der Waals surface area contributed by atoms with E-state index in [0.29, 0.717) is 26.2 Å². The topological polar surface area (TPSA) is 54.8 Å². The predicted molar refractivity (Wildman–Crippen MR) is 147 cm³/mol. The van der Waals surface area contributed by atoms with Crippen molar-refractivity contribution in [2.24, 2.45) is 0 Å². The maximum atomic E-state index is 13.7. The number of nitrogens with zero attached hydrogens (tertiary/aromatic N) is 3. The van der Waals surface area contributed by atoms with E-state index in [1.807, 2.05) is 48.7 Å². The van der Waals surface area contributed by atoms with Crippen molar-refractivity contribution in [3.63, 3.8) is 0 Å². The molecule has 9 heteroatoms. The second-order valence-corrected chi connectivity index (χ2v) is 10.2. The molecule has 40 heavy (non-hydrogen) atoms. The number of hydrogen-bond donors (Lipinski definition) is 0. The number of carbonyl (C=O) groups is 2. The lowest BCUT2D eigenvalue weighted by Crippen LogP contribution is -2.48. The molecule has 2 aromatic carbocycles. The van der Waals surface area contributed by atoms with Crippen LogP contribution in [0.5, 0.6) is 0 Å². The summed E-state index contributed by atoms with van der Waals surface area (Å²) in [5, 5.41) is 0. The van der Waals surface area contributed by atoms with Gasteiger partial charge in [0.2, 0.25) is 5.91 Å². The second-order valence-electron chi connectivity index (χ2n) is 10.2. The van der Waals surface area contributed by atoms with Crippen molar-refractivity contribution >= 4 is 11.8 Å². The van der Waals surface area contributed by atoms with Crippen molar-refractivity contribution in [3.05, 3.63) is 95.3 Å². The van der Waals surface area contributed by atoms with Crippen LogP contribution < -0.4 is 0 Å². The van der Waals surface area contributed by atoms with E-state index >= 15 is 0 Å². The highest BCUT2D eigenvalue weighted by molar-refractivity contribution is 5.97. The molecule has 0 bridgehead atoms. The molecule has 0 saturated heterocycles. The van der Waals surface area contributed by atoms with Crippen molar-refractivity contribution in [2.45, 2.75) is 57.4 Å². The van der Waals surface area contributed by atoms with Crippen molar-refractivity contribution in [1.29, 1.82) is 0 Å². The number of rotatable bonds is 11. The van der Waals surface area contributed by atoms with Gasteiger partial charge >= 0.3 is 6.18 Å². The maximum Gasteiger partial charge on any atom is 0.416 e. The molecule has 0 unspecified atom stereocenters. The van der Waals surface area contributed by atoms with E-state index in [9.17, 15) is 22.8 Å². The van der Waals surface area contributed by atoms with Crippen LogP contribution in [0.25, 0.3) is 0 Å². The molecular formula is C31H36F3N3O3. The fraction of sp³-hybridized carbons (Fsp3) is 0.419. The van der Waals surface area contributed by atoms with Gasteiger partial charge in [0.1, 0.15) is 6.54 Å². The van der Waals surface area contributed by atoms with E-state index in [0.717, 1.165) is 55.5 Å². The first-order valence-electron chi connectivity index (χ1n) is 13.7. The summed E-state index contributed by atoms with van der Waals surface area (Å²) < 4.78 is 47.5. The number of hydrogen-bond acceptors (Lipinski definition) is 3. The number of benzene rings is 2. The van der Waals surface area contributed by atoms with Gasteiger partial charge in [-0.15, -0.1) is 0 Å². The summed E-state index contributed by atoms with van der Waals surface area (Å²) in [6, 6.07) is 18.1. The molecule has 214 valence electrons. The number of aromatic nitrogens is 1. The maximum absolute atomic E-state index is 13.7. The molecule has 6 nitrogen and oxygen atoms in total. The van der Waals surface area contributed by atoms with Crippen LogP contribution in [0.2, 0.25) is 0 Å². The standard InChI is InChI=1S/C31H36F3N3O3/c1-40-19-18-36(22-28-16-9-17-35(28)21-24-10-4-2-5-11-24)29(38)23-37(27-14-6-3-7-15-27)30(39)25-12-8-13-26(20-25)31(32,33)34/h2,4-5,8-13,16-17,20,27H,3,6-7,14-15,18-19,21-23H2,1H3. The van der Waals surface area contributed by atoms with Gasteiger partial charge in [0.25, 0.3) is 5.91 Å². The number of carbonyl (C=O) groups excluding carboxylic acids is 2. The average molecular weight is 556 g/mol. The summed E-state index contributed by atoms with van der Waals surface area (Å²) in [5.41, 5.74) is 1.12. The summed E-state index contributed by atoms with van der Waals surface area (Å²) in [5.74, 6) is -0.819. The minimum atomic E-state index is -4.56. The van der Waals surface area contributed by atoms with Gasteiger partial charge in [0, 0.05) is 43.7 Å². The van der Waals surface area contributed by atoms with Crippen LogP contribution in [0.15, 0.2) is 72.9 Å². The Bertz CT molecular complexity index is 1250. The molecule has 0 atom stereocenters. The minimum Gasteiger partial charge on any atom is -0.383 e. The highest BCUT2D eigenvalue weighted by atomic mass is 19.4. The molecule has 0 aliphatic heterocycles. The van der Waals surface area contributed by atoms with Crippen molar-refractivity contribution in [1.82, 2.24) is 14.4 Å².